The standard InChI is InChI=1S/C17H24O5/c1-12(2)10-15(20-4)16(17(18)21-5)22-11-13-6-8-14(19-3)9-7-13/h6-9,15-16H,1,10-11H2,2-5H3/t15-,16-/m1/s1. The SMILES string of the molecule is C=C(C)C[C@@H](OC)[C@@H](OCc1ccc(OC)cc1)C(=O)OC. The van der Waals surface area contributed by atoms with Gasteiger partial charge in [0.2, 0.25) is 0 Å². The number of rotatable bonds is 9. The van der Waals surface area contributed by atoms with Crippen molar-refractivity contribution in [2.24, 2.45) is 0 Å². The third-order valence-electron chi connectivity index (χ3n) is 3.21. The molecule has 0 radical (unpaired) electrons. The summed E-state index contributed by atoms with van der Waals surface area (Å²) in [4.78, 5) is 11.9. The Bertz CT molecular complexity index is 480. The van der Waals surface area contributed by atoms with Gasteiger partial charge in [-0.3, -0.25) is 0 Å². The van der Waals surface area contributed by atoms with E-state index in [1.54, 1.807) is 14.2 Å². The van der Waals surface area contributed by atoms with Crippen molar-refractivity contribution in [2.75, 3.05) is 21.3 Å². The summed E-state index contributed by atoms with van der Waals surface area (Å²) in [5.74, 6) is 0.312. The largest absolute Gasteiger partial charge is 0.497 e. The molecule has 0 bridgehead atoms. The van der Waals surface area contributed by atoms with Crippen molar-refractivity contribution in [3.63, 3.8) is 0 Å². The minimum absolute atomic E-state index is 0.278. The highest BCUT2D eigenvalue weighted by atomic mass is 16.6. The van der Waals surface area contributed by atoms with Gasteiger partial charge < -0.3 is 18.9 Å². The Balaban J connectivity index is 2.75. The van der Waals surface area contributed by atoms with Crippen molar-refractivity contribution in [2.45, 2.75) is 32.2 Å². The predicted molar refractivity (Wildman–Crippen MR) is 83.8 cm³/mol. The van der Waals surface area contributed by atoms with E-state index in [2.05, 4.69) is 6.58 Å². The van der Waals surface area contributed by atoms with Crippen molar-refractivity contribution in [1.29, 1.82) is 0 Å². The Morgan fingerprint density at radius 3 is 2.27 bits per heavy atom. The lowest BCUT2D eigenvalue weighted by Gasteiger charge is -2.24. The first-order chi connectivity index (χ1) is 10.5. The number of esters is 1. The molecule has 5 heteroatoms. The summed E-state index contributed by atoms with van der Waals surface area (Å²) in [6, 6.07) is 7.45. The minimum Gasteiger partial charge on any atom is -0.497 e. The second-order valence-electron chi connectivity index (χ2n) is 5.04. The molecule has 0 aliphatic carbocycles. The third kappa shape index (κ3) is 5.50. The second kappa shape index (κ2) is 9.23. The lowest BCUT2D eigenvalue weighted by molar-refractivity contribution is -0.165. The van der Waals surface area contributed by atoms with Crippen LogP contribution in [0.3, 0.4) is 0 Å². The molecule has 0 aliphatic rings. The van der Waals surface area contributed by atoms with E-state index in [4.69, 9.17) is 18.9 Å². The summed E-state index contributed by atoms with van der Waals surface area (Å²) < 4.78 is 21.0. The van der Waals surface area contributed by atoms with Crippen LogP contribution in [0.25, 0.3) is 0 Å². The molecule has 22 heavy (non-hydrogen) atoms. The molecule has 1 aromatic carbocycles. The minimum atomic E-state index is -0.797. The Kier molecular flexibility index (Phi) is 7.63. The zero-order valence-electron chi connectivity index (χ0n) is 13.6. The zero-order chi connectivity index (χ0) is 16.5. The summed E-state index contributed by atoms with van der Waals surface area (Å²) in [5.41, 5.74) is 1.84. The van der Waals surface area contributed by atoms with Gasteiger partial charge in [0.05, 0.1) is 26.9 Å². The molecule has 0 aliphatic heterocycles. The van der Waals surface area contributed by atoms with Crippen molar-refractivity contribution in [1.82, 2.24) is 0 Å². The van der Waals surface area contributed by atoms with E-state index >= 15 is 0 Å². The topological polar surface area (TPSA) is 54.0 Å². The van der Waals surface area contributed by atoms with Crippen LogP contribution in [0.15, 0.2) is 36.4 Å². The van der Waals surface area contributed by atoms with Gasteiger partial charge in [0.1, 0.15) is 5.75 Å². The molecule has 0 amide bonds. The van der Waals surface area contributed by atoms with E-state index in [1.165, 1.54) is 7.11 Å². The van der Waals surface area contributed by atoms with E-state index < -0.39 is 18.2 Å². The van der Waals surface area contributed by atoms with Crippen LogP contribution < -0.4 is 4.74 Å². The normalized spacial score (nSPS) is 13.3. The van der Waals surface area contributed by atoms with E-state index in [-0.39, 0.29) is 6.61 Å². The Labute approximate surface area is 131 Å². The number of carbonyl (C=O) groups is 1. The number of benzene rings is 1. The highest BCUT2D eigenvalue weighted by Gasteiger charge is 2.30. The zero-order valence-corrected chi connectivity index (χ0v) is 13.6. The first-order valence-electron chi connectivity index (χ1n) is 7.01. The maximum Gasteiger partial charge on any atom is 0.337 e. The monoisotopic (exact) mass is 308 g/mol. The predicted octanol–water partition coefficient (Wildman–Crippen LogP) is 2.73. The third-order valence-corrected chi connectivity index (χ3v) is 3.21. The van der Waals surface area contributed by atoms with Gasteiger partial charge in [-0.25, -0.2) is 4.79 Å². The van der Waals surface area contributed by atoms with Gasteiger partial charge in [-0.1, -0.05) is 17.7 Å². The molecule has 0 fully saturated rings. The fourth-order valence-electron chi connectivity index (χ4n) is 2.01. The number of hydrogen-bond donors (Lipinski definition) is 0. The quantitative estimate of drug-likeness (QED) is 0.518. The van der Waals surface area contributed by atoms with Gasteiger partial charge in [0.15, 0.2) is 6.10 Å². The van der Waals surface area contributed by atoms with Crippen LogP contribution in [0.4, 0.5) is 0 Å². The summed E-state index contributed by atoms with van der Waals surface area (Å²) in [6.45, 7) is 6.00. The Morgan fingerprint density at radius 2 is 1.82 bits per heavy atom. The molecule has 0 spiro atoms. The Hall–Kier alpha value is -1.85. The van der Waals surface area contributed by atoms with Crippen molar-refractivity contribution >= 4 is 5.97 Å². The highest BCUT2D eigenvalue weighted by Crippen LogP contribution is 2.17. The molecule has 0 N–H and O–H groups in total. The van der Waals surface area contributed by atoms with Crippen LogP contribution in [0.2, 0.25) is 0 Å². The number of hydrogen-bond acceptors (Lipinski definition) is 5. The maximum atomic E-state index is 11.9. The summed E-state index contributed by atoms with van der Waals surface area (Å²) in [7, 11) is 4.49. The van der Waals surface area contributed by atoms with Crippen molar-refractivity contribution < 1.29 is 23.7 Å². The highest BCUT2D eigenvalue weighted by molar-refractivity contribution is 5.75. The maximum absolute atomic E-state index is 11.9. The summed E-state index contributed by atoms with van der Waals surface area (Å²) in [6.07, 6.45) is -0.698. The average Bonchev–Trinajstić information content (AvgIpc) is 2.53. The number of methoxy groups -OCH3 is 3. The summed E-state index contributed by atoms with van der Waals surface area (Å²) >= 11 is 0. The fourth-order valence-corrected chi connectivity index (χ4v) is 2.01. The van der Waals surface area contributed by atoms with Gasteiger partial charge >= 0.3 is 5.97 Å². The molecule has 2 atom stereocenters. The summed E-state index contributed by atoms with van der Waals surface area (Å²) in [5, 5.41) is 0. The molecule has 0 saturated carbocycles. The van der Waals surface area contributed by atoms with E-state index in [1.807, 2.05) is 31.2 Å². The van der Waals surface area contributed by atoms with Gasteiger partial charge in [-0.15, -0.1) is 6.58 Å². The lowest BCUT2D eigenvalue weighted by Crippen LogP contribution is -2.38. The van der Waals surface area contributed by atoms with Crippen LogP contribution in [0, 0.1) is 0 Å². The van der Waals surface area contributed by atoms with Crippen LogP contribution >= 0.6 is 0 Å². The fraction of sp³-hybridized carbons (Fsp3) is 0.471. The Morgan fingerprint density at radius 1 is 1.18 bits per heavy atom. The number of carbonyl (C=O) groups excluding carboxylic acids is 1. The van der Waals surface area contributed by atoms with Gasteiger partial charge in [-0.05, 0) is 31.0 Å². The van der Waals surface area contributed by atoms with Crippen molar-refractivity contribution in [3.8, 4) is 5.75 Å². The molecule has 5 nitrogen and oxygen atoms in total. The van der Waals surface area contributed by atoms with Crippen molar-refractivity contribution in [3.05, 3.63) is 42.0 Å². The van der Waals surface area contributed by atoms with E-state index in [0.717, 1.165) is 16.9 Å². The molecule has 1 rings (SSSR count). The molecular weight excluding hydrogens is 284 g/mol. The van der Waals surface area contributed by atoms with Crippen LogP contribution in [-0.2, 0) is 25.6 Å². The first kappa shape index (κ1) is 18.2. The van der Waals surface area contributed by atoms with Crippen LogP contribution in [-0.4, -0.2) is 39.5 Å². The lowest BCUT2D eigenvalue weighted by atomic mass is 10.1. The van der Waals surface area contributed by atoms with E-state index in [9.17, 15) is 4.79 Å². The molecule has 0 saturated heterocycles. The van der Waals surface area contributed by atoms with Gasteiger partial charge in [0, 0.05) is 7.11 Å². The van der Waals surface area contributed by atoms with E-state index in [0.29, 0.717) is 6.42 Å². The van der Waals surface area contributed by atoms with Gasteiger partial charge in [0.25, 0.3) is 0 Å². The smallest absolute Gasteiger partial charge is 0.337 e. The van der Waals surface area contributed by atoms with Crippen LogP contribution in [0.1, 0.15) is 18.9 Å². The number of ether oxygens (including phenoxy) is 4. The molecule has 0 heterocycles. The van der Waals surface area contributed by atoms with Crippen LogP contribution in [0.5, 0.6) is 5.75 Å². The molecular formula is C17H24O5. The molecule has 0 aromatic heterocycles. The van der Waals surface area contributed by atoms with Gasteiger partial charge in [-0.2, -0.15) is 0 Å². The second-order valence-corrected chi connectivity index (χ2v) is 5.04. The molecule has 0 unspecified atom stereocenters. The first-order valence-corrected chi connectivity index (χ1v) is 7.01. The molecule has 1 aromatic rings. The molecule has 122 valence electrons. The average molecular weight is 308 g/mol.